The molecule has 1 rings (SSSR count). The molecule has 0 aliphatic rings. The summed E-state index contributed by atoms with van der Waals surface area (Å²) in [5.74, 6) is 0. The van der Waals surface area contributed by atoms with Gasteiger partial charge < -0.3 is 5.32 Å². The van der Waals surface area contributed by atoms with Crippen LogP contribution in [0.3, 0.4) is 0 Å². The Labute approximate surface area is 74.1 Å². The van der Waals surface area contributed by atoms with Crippen molar-refractivity contribution >= 4 is 6.08 Å². The summed E-state index contributed by atoms with van der Waals surface area (Å²) in [6.07, 6.45) is 2.98. The fraction of sp³-hybridized carbons (Fsp3) is 0.273. The van der Waals surface area contributed by atoms with E-state index in [-0.39, 0.29) is 0 Å². The number of likely N-dealkylation sites (N-methyl/N-ethyl adjacent to an activating group) is 1. The molecular weight excluding hydrogens is 146 g/mol. The van der Waals surface area contributed by atoms with Crippen LogP contribution in [-0.2, 0) is 6.42 Å². The third-order valence-electron chi connectivity index (χ3n) is 1.92. The first kappa shape index (κ1) is 9.01. The molecule has 1 nitrogen and oxygen atoms in total. The van der Waals surface area contributed by atoms with Gasteiger partial charge in [-0.05, 0) is 31.1 Å². The zero-order valence-corrected chi connectivity index (χ0v) is 7.51. The number of hydrogen-bond acceptors (Lipinski definition) is 1. The van der Waals surface area contributed by atoms with Crippen molar-refractivity contribution in [1.82, 2.24) is 5.32 Å². The molecule has 1 N–H and O–H groups in total. The lowest BCUT2D eigenvalue weighted by atomic mass is 10.1. The first-order chi connectivity index (χ1) is 5.88. The Morgan fingerprint density at radius 2 is 2.17 bits per heavy atom. The standard InChI is InChI=1S/C11H15N/c1-3-10-6-4-5-7-11(10)8-9-12-2/h3-7,12H,1,8-9H2,2H3. The summed E-state index contributed by atoms with van der Waals surface area (Å²) in [5.41, 5.74) is 2.61. The van der Waals surface area contributed by atoms with E-state index < -0.39 is 0 Å². The van der Waals surface area contributed by atoms with Crippen LogP contribution >= 0.6 is 0 Å². The molecule has 0 amide bonds. The van der Waals surface area contributed by atoms with Crippen molar-refractivity contribution < 1.29 is 0 Å². The van der Waals surface area contributed by atoms with Gasteiger partial charge in [-0.1, -0.05) is 36.9 Å². The van der Waals surface area contributed by atoms with E-state index >= 15 is 0 Å². The zero-order chi connectivity index (χ0) is 8.81. The maximum absolute atomic E-state index is 3.78. The molecule has 0 radical (unpaired) electrons. The SMILES string of the molecule is C=Cc1ccccc1CCNC. The van der Waals surface area contributed by atoms with Gasteiger partial charge in [-0.15, -0.1) is 0 Å². The molecule has 0 bridgehead atoms. The molecule has 1 aromatic carbocycles. The van der Waals surface area contributed by atoms with Gasteiger partial charge in [0.1, 0.15) is 0 Å². The van der Waals surface area contributed by atoms with E-state index in [9.17, 15) is 0 Å². The van der Waals surface area contributed by atoms with E-state index in [1.165, 1.54) is 11.1 Å². The minimum absolute atomic E-state index is 1.02. The van der Waals surface area contributed by atoms with Crippen LogP contribution < -0.4 is 5.32 Å². The second-order valence-electron chi connectivity index (χ2n) is 2.76. The number of benzene rings is 1. The van der Waals surface area contributed by atoms with Gasteiger partial charge in [-0.25, -0.2) is 0 Å². The Hall–Kier alpha value is -1.08. The van der Waals surface area contributed by atoms with Crippen LogP contribution in [0.4, 0.5) is 0 Å². The summed E-state index contributed by atoms with van der Waals surface area (Å²) in [4.78, 5) is 0. The Kier molecular flexibility index (Phi) is 3.55. The Morgan fingerprint density at radius 1 is 1.42 bits per heavy atom. The molecule has 0 saturated carbocycles. The number of hydrogen-bond donors (Lipinski definition) is 1. The lowest BCUT2D eigenvalue weighted by molar-refractivity contribution is 0.791. The zero-order valence-electron chi connectivity index (χ0n) is 7.51. The van der Waals surface area contributed by atoms with Gasteiger partial charge >= 0.3 is 0 Å². The lowest BCUT2D eigenvalue weighted by Crippen LogP contribution is -2.10. The molecule has 0 unspecified atom stereocenters. The van der Waals surface area contributed by atoms with E-state index in [1.54, 1.807) is 0 Å². The highest BCUT2D eigenvalue weighted by atomic mass is 14.8. The molecule has 12 heavy (non-hydrogen) atoms. The Balaban J connectivity index is 2.75. The molecule has 0 aromatic heterocycles. The summed E-state index contributed by atoms with van der Waals surface area (Å²) in [7, 11) is 1.97. The van der Waals surface area contributed by atoms with Crippen molar-refractivity contribution in [2.24, 2.45) is 0 Å². The molecule has 1 aromatic rings. The first-order valence-corrected chi connectivity index (χ1v) is 4.23. The van der Waals surface area contributed by atoms with Crippen LogP contribution in [0.15, 0.2) is 30.8 Å². The van der Waals surface area contributed by atoms with Crippen LogP contribution in [0.5, 0.6) is 0 Å². The molecule has 0 aliphatic carbocycles. The third kappa shape index (κ3) is 2.21. The Morgan fingerprint density at radius 3 is 2.83 bits per heavy atom. The second kappa shape index (κ2) is 4.73. The van der Waals surface area contributed by atoms with Crippen molar-refractivity contribution in [2.45, 2.75) is 6.42 Å². The second-order valence-corrected chi connectivity index (χ2v) is 2.76. The van der Waals surface area contributed by atoms with Crippen LogP contribution in [0.1, 0.15) is 11.1 Å². The summed E-state index contributed by atoms with van der Waals surface area (Å²) in [6.45, 7) is 4.80. The lowest BCUT2D eigenvalue weighted by Gasteiger charge is -2.04. The molecule has 0 fully saturated rings. The third-order valence-corrected chi connectivity index (χ3v) is 1.92. The van der Waals surface area contributed by atoms with Crippen molar-refractivity contribution in [3.05, 3.63) is 42.0 Å². The van der Waals surface area contributed by atoms with Gasteiger partial charge in [0.05, 0.1) is 0 Å². The van der Waals surface area contributed by atoms with Crippen molar-refractivity contribution in [3.8, 4) is 0 Å². The molecule has 1 heteroatoms. The fourth-order valence-electron chi connectivity index (χ4n) is 1.22. The largest absolute Gasteiger partial charge is 0.319 e. The van der Waals surface area contributed by atoms with E-state index in [0.717, 1.165) is 13.0 Å². The van der Waals surface area contributed by atoms with Gasteiger partial charge in [0.25, 0.3) is 0 Å². The van der Waals surface area contributed by atoms with Gasteiger partial charge in [-0.3, -0.25) is 0 Å². The Bertz CT molecular complexity index is 253. The van der Waals surface area contributed by atoms with Crippen molar-refractivity contribution in [2.75, 3.05) is 13.6 Å². The average Bonchev–Trinajstić information content (AvgIpc) is 2.15. The minimum Gasteiger partial charge on any atom is -0.319 e. The van der Waals surface area contributed by atoms with Crippen LogP contribution in [0.2, 0.25) is 0 Å². The normalized spacial score (nSPS) is 9.75. The monoisotopic (exact) mass is 161 g/mol. The van der Waals surface area contributed by atoms with E-state index in [4.69, 9.17) is 0 Å². The predicted molar refractivity (Wildman–Crippen MR) is 54.2 cm³/mol. The summed E-state index contributed by atoms with van der Waals surface area (Å²) in [5, 5.41) is 3.13. The predicted octanol–water partition coefficient (Wildman–Crippen LogP) is 2.09. The highest BCUT2D eigenvalue weighted by Crippen LogP contribution is 2.09. The molecule has 64 valence electrons. The number of rotatable bonds is 4. The minimum atomic E-state index is 1.02. The van der Waals surface area contributed by atoms with E-state index in [0.29, 0.717) is 0 Å². The first-order valence-electron chi connectivity index (χ1n) is 4.23. The molecule has 0 heterocycles. The van der Waals surface area contributed by atoms with Gasteiger partial charge in [0.15, 0.2) is 0 Å². The quantitative estimate of drug-likeness (QED) is 0.713. The topological polar surface area (TPSA) is 12.0 Å². The fourth-order valence-corrected chi connectivity index (χ4v) is 1.22. The summed E-state index contributed by atoms with van der Waals surface area (Å²) >= 11 is 0. The smallest absolute Gasteiger partial charge is 0.00111 e. The van der Waals surface area contributed by atoms with E-state index in [2.05, 4.69) is 30.1 Å². The average molecular weight is 161 g/mol. The van der Waals surface area contributed by atoms with Gasteiger partial charge in [0, 0.05) is 0 Å². The van der Waals surface area contributed by atoms with E-state index in [1.807, 2.05) is 19.2 Å². The molecular formula is C11H15N. The van der Waals surface area contributed by atoms with Gasteiger partial charge in [-0.2, -0.15) is 0 Å². The molecule has 0 spiro atoms. The van der Waals surface area contributed by atoms with Crippen molar-refractivity contribution in [1.29, 1.82) is 0 Å². The summed E-state index contributed by atoms with van der Waals surface area (Å²) < 4.78 is 0. The van der Waals surface area contributed by atoms with Crippen LogP contribution in [0.25, 0.3) is 6.08 Å². The maximum atomic E-state index is 3.78. The van der Waals surface area contributed by atoms with Crippen LogP contribution in [-0.4, -0.2) is 13.6 Å². The van der Waals surface area contributed by atoms with Gasteiger partial charge in [0.2, 0.25) is 0 Å². The molecule has 0 atom stereocenters. The maximum Gasteiger partial charge on any atom is -0.00111 e. The van der Waals surface area contributed by atoms with Crippen molar-refractivity contribution in [3.63, 3.8) is 0 Å². The molecule has 0 saturated heterocycles. The molecule has 0 aliphatic heterocycles. The summed E-state index contributed by atoms with van der Waals surface area (Å²) in [6, 6.07) is 8.35. The number of nitrogens with one attached hydrogen (secondary N) is 1. The highest BCUT2D eigenvalue weighted by molar-refractivity contribution is 5.51. The van der Waals surface area contributed by atoms with Crippen LogP contribution in [0, 0.1) is 0 Å². The highest BCUT2D eigenvalue weighted by Gasteiger charge is 1.95.